The van der Waals surface area contributed by atoms with Gasteiger partial charge in [0.05, 0.1) is 5.41 Å². The van der Waals surface area contributed by atoms with Crippen molar-refractivity contribution in [3.63, 3.8) is 0 Å². The first kappa shape index (κ1) is 14.8. The van der Waals surface area contributed by atoms with Gasteiger partial charge in [-0.3, -0.25) is 4.79 Å². The summed E-state index contributed by atoms with van der Waals surface area (Å²) in [7, 11) is 3.49. The third-order valence-electron chi connectivity index (χ3n) is 3.94. The van der Waals surface area contributed by atoms with E-state index in [9.17, 15) is 9.18 Å². The zero-order chi connectivity index (χ0) is 14.8. The molecule has 0 aromatic heterocycles. The van der Waals surface area contributed by atoms with Crippen molar-refractivity contribution >= 4 is 11.6 Å². The lowest BCUT2D eigenvalue weighted by Gasteiger charge is -2.24. The van der Waals surface area contributed by atoms with Gasteiger partial charge < -0.3 is 15.5 Å². The van der Waals surface area contributed by atoms with E-state index < -0.39 is 5.41 Å². The van der Waals surface area contributed by atoms with Crippen LogP contribution in [0, 0.1) is 11.2 Å². The van der Waals surface area contributed by atoms with Crippen molar-refractivity contribution in [1.82, 2.24) is 10.6 Å². The van der Waals surface area contributed by atoms with E-state index in [1.54, 1.807) is 7.05 Å². The molecule has 1 heterocycles. The zero-order valence-corrected chi connectivity index (χ0v) is 12.3. The second kappa shape index (κ2) is 5.79. The summed E-state index contributed by atoms with van der Waals surface area (Å²) < 4.78 is 13.7. The Labute approximate surface area is 119 Å². The van der Waals surface area contributed by atoms with Crippen molar-refractivity contribution in [2.24, 2.45) is 5.41 Å². The lowest BCUT2D eigenvalue weighted by molar-refractivity contribution is -0.128. The predicted molar refractivity (Wildman–Crippen MR) is 78.2 cm³/mol. The largest absolute Gasteiger partial charge is 0.370 e. The van der Waals surface area contributed by atoms with E-state index in [1.165, 1.54) is 12.1 Å². The molecule has 1 amide bonds. The Morgan fingerprint density at radius 3 is 2.80 bits per heavy atom. The maximum atomic E-state index is 13.7. The van der Waals surface area contributed by atoms with Gasteiger partial charge >= 0.3 is 0 Å². The molecular formula is C15H22FN3O. The first-order chi connectivity index (χ1) is 9.48. The van der Waals surface area contributed by atoms with Gasteiger partial charge in [0.2, 0.25) is 5.91 Å². The van der Waals surface area contributed by atoms with E-state index in [4.69, 9.17) is 0 Å². The van der Waals surface area contributed by atoms with E-state index in [0.717, 1.165) is 24.2 Å². The maximum absolute atomic E-state index is 13.7. The van der Waals surface area contributed by atoms with Gasteiger partial charge in [-0.1, -0.05) is 0 Å². The van der Waals surface area contributed by atoms with Crippen molar-refractivity contribution in [2.45, 2.75) is 19.9 Å². The summed E-state index contributed by atoms with van der Waals surface area (Å²) in [4.78, 5) is 14.0. The number of hydrogen-bond donors (Lipinski definition) is 2. The highest BCUT2D eigenvalue weighted by Crippen LogP contribution is 2.34. The molecule has 2 rings (SSSR count). The molecule has 2 N–H and O–H groups in total. The first-order valence-corrected chi connectivity index (χ1v) is 6.90. The van der Waals surface area contributed by atoms with Gasteiger partial charge in [0.25, 0.3) is 0 Å². The number of hydrogen-bond acceptors (Lipinski definition) is 3. The SMILES string of the molecule is CNCc1cc(F)cc(N2CCC(C)(C(=O)NC)C2)c1. The third-order valence-corrected chi connectivity index (χ3v) is 3.94. The van der Waals surface area contributed by atoms with E-state index in [2.05, 4.69) is 15.5 Å². The highest BCUT2D eigenvalue weighted by atomic mass is 19.1. The molecule has 1 saturated heterocycles. The van der Waals surface area contributed by atoms with Crippen LogP contribution in [0.5, 0.6) is 0 Å². The Balaban J connectivity index is 2.19. The third kappa shape index (κ3) is 2.93. The molecule has 0 aliphatic carbocycles. The molecule has 0 saturated carbocycles. The predicted octanol–water partition coefficient (Wildman–Crippen LogP) is 1.51. The van der Waals surface area contributed by atoms with Crippen LogP contribution in [0.3, 0.4) is 0 Å². The normalized spacial score (nSPS) is 22.1. The number of anilines is 1. The molecule has 0 bridgehead atoms. The molecule has 1 unspecified atom stereocenters. The van der Waals surface area contributed by atoms with E-state index in [-0.39, 0.29) is 11.7 Å². The molecule has 1 atom stereocenters. The number of rotatable bonds is 4. The van der Waals surface area contributed by atoms with Crippen molar-refractivity contribution < 1.29 is 9.18 Å². The quantitative estimate of drug-likeness (QED) is 0.878. The Kier molecular flexibility index (Phi) is 4.28. The summed E-state index contributed by atoms with van der Waals surface area (Å²) in [5.41, 5.74) is 1.36. The molecule has 1 aromatic rings. The van der Waals surface area contributed by atoms with Crippen molar-refractivity contribution in [2.75, 3.05) is 32.1 Å². The maximum Gasteiger partial charge on any atom is 0.227 e. The number of carbonyl (C=O) groups excluding carboxylic acids is 1. The number of halogens is 1. The number of nitrogens with zero attached hydrogens (tertiary/aromatic N) is 1. The minimum Gasteiger partial charge on any atom is -0.370 e. The molecule has 0 radical (unpaired) electrons. The Hall–Kier alpha value is -1.62. The lowest BCUT2D eigenvalue weighted by atomic mass is 9.89. The van der Waals surface area contributed by atoms with E-state index in [0.29, 0.717) is 13.1 Å². The summed E-state index contributed by atoms with van der Waals surface area (Å²) in [5, 5.41) is 5.74. The topological polar surface area (TPSA) is 44.4 Å². The molecule has 1 aliphatic rings. The number of nitrogens with one attached hydrogen (secondary N) is 2. The van der Waals surface area contributed by atoms with Gasteiger partial charge in [-0.05, 0) is 44.2 Å². The molecule has 4 nitrogen and oxygen atoms in total. The van der Waals surface area contributed by atoms with Crippen LogP contribution >= 0.6 is 0 Å². The number of amides is 1. The van der Waals surface area contributed by atoms with Crippen molar-refractivity contribution in [3.8, 4) is 0 Å². The van der Waals surface area contributed by atoms with Crippen LogP contribution in [0.4, 0.5) is 10.1 Å². The average Bonchev–Trinajstić information content (AvgIpc) is 2.81. The van der Waals surface area contributed by atoms with Crippen LogP contribution in [0.15, 0.2) is 18.2 Å². The molecule has 1 aliphatic heterocycles. The van der Waals surface area contributed by atoms with Gasteiger partial charge in [0, 0.05) is 32.4 Å². The Morgan fingerprint density at radius 1 is 1.40 bits per heavy atom. The van der Waals surface area contributed by atoms with Gasteiger partial charge in [0.1, 0.15) is 5.82 Å². The standard InChI is InChI=1S/C15H22FN3O/c1-15(14(20)18-3)4-5-19(10-15)13-7-11(9-17-2)6-12(16)8-13/h6-8,17H,4-5,9-10H2,1-3H3,(H,18,20). The molecule has 20 heavy (non-hydrogen) atoms. The van der Waals surface area contributed by atoms with Crippen molar-refractivity contribution in [3.05, 3.63) is 29.6 Å². The molecular weight excluding hydrogens is 257 g/mol. The van der Waals surface area contributed by atoms with Crippen LogP contribution in [-0.2, 0) is 11.3 Å². The Bertz CT molecular complexity index is 506. The van der Waals surface area contributed by atoms with Gasteiger partial charge in [-0.2, -0.15) is 0 Å². The van der Waals surface area contributed by atoms with Crippen LogP contribution < -0.4 is 15.5 Å². The molecule has 1 fully saturated rings. The number of carbonyl (C=O) groups is 1. The summed E-state index contributed by atoms with van der Waals surface area (Å²) in [6, 6.07) is 5.05. The second-order valence-electron chi connectivity index (χ2n) is 5.66. The number of benzene rings is 1. The molecule has 1 aromatic carbocycles. The molecule has 110 valence electrons. The Morgan fingerprint density at radius 2 is 2.15 bits per heavy atom. The summed E-state index contributed by atoms with van der Waals surface area (Å²) in [6.07, 6.45) is 0.782. The zero-order valence-electron chi connectivity index (χ0n) is 12.3. The minimum absolute atomic E-state index is 0.0480. The van der Waals surface area contributed by atoms with Crippen LogP contribution in [0.1, 0.15) is 18.9 Å². The van der Waals surface area contributed by atoms with Crippen LogP contribution in [0.25, 0.3) is 0 Å². The minimum atomic E-state index is -0.399. The van der Waals surface area contributed by atoms with Gasteiger partial charge in [-0.25, -0.2) is 4.39 Å². The van der Waals surface area contributed by atoms with E-state index in [1.807, 2.05) is 20.0 Å². The summed E-state index contributed by atoms with van der Waals surface area (Å²) in [6.45, 7) is 3.98. The highest BCUT2D eigenvalue weighted by molar-refractivity contribution is 5.83. The lowest BCUT2D eigenvalue weighted by Crippen LogP contribution is -2.39. The van der Waals surface area contributed by atoms with Crippen LogP contribution in [-0.4, -0.2) is 33.1 Å². The fourth-order valence-corrected chi connectivity index (χ4v) is 2.79. The van der Waals surface area contributed by atoms with Crippen LogP contribution in [0.2, 0.25) is 0 Å². The smallest absolute Gasteiger partial charge is 0.227 e. The second-order valence-corrected chi connectivity index (χ2v) is 5.66. The van der Waals surface area contributed by atoms with Gasteiger partial charge in [0.15, 0.2) is 0 Å². The molecule has 5 heteroatoms. The monoisotopic (exact) mass is 279 g/mol. The summed E-state index contributed by atoms with van der Waals surface area (Å²) >= 11 is 0. The fraction of sp³-hybridized carbons (Fsp3) is 0.533. The molecule has 0 spiro atoms. The highest BCUT2D eigenvalue weighted by Gasteiger charge is 2.39. The first-order valence-electron chi connectivity index (χ1n) is 6.90. The van der Waals surface area contributed by atoms with Crippen molar-refractivity contribution in [1.29, 1.82) is 0 Å². The summed E-state index contributed by atoms with van der Waals surface area (Å²) in [5.74, 6) is -0.187. The average molecular weight is 279 g/mol. The van der Waals surface area contributed by atoms with E-state index >= 15 is 0 Å². The fourth-order valence-electron chi connectivity index (χ4n) is 2.79. The van der Waals surface area contributed by atoms with Gasteiger partial charge in [-0.15, -0.1) is 0 Å².